The van der Waals surface area contributed by atoms with Crippen molar-refractivity contribution in [2.75, 3.05) is 13.1 Å². The molecule has 0 saturated carbocycles. The summed E-state index contributed by atoms with van der Waals surface area (Å²) in [5.74, 6) is 0.797. The van der Waals surface area contributed by atoms with Crippen LogP contribution in [0.3, 0.4) is 0 Å². The number of hydrogen-bond acceptors (Lipinski definition) is 2. The van der Waals surface area contributed by atoms with Crippen LogP contribution in [-0.2, 0) is 0 Å². The maximum atomic E-state index is 4.24. The van der Waals surface area contributed by atoms with E-state index < -0.39 is 0 Å². The normalized spacial score (nSPS) is 9.82. The molecule has 11 heavy (non-hydrogen) atoms. The molecule has 70 valence electrons. The van der Waals surface area contributed by atoms with Crippen LogP contribution in [0.2, 0.25) is 0 Å². The van der Waals surface area contributed by atoms with Crippen LogP contribution in [0.15, 0.2) is 0 Å². The van der Waals surface area contributed by atoms with Crippen molar-refractivity contribution in [2.45, 2.75) is 41.0 Å². The van der Waals surface area contributed by atoms with E-state index in [2.05, 4.69) is 33.6 Å². The lowest BCUT2D eigenvalue weighted by atomic mass is 10.1. The highest BCUT2D eigenvalue weighted by atomic mass is 32.1. The van der Waals surface area contributed by atoms with Gasteiger partial charge in [0.1, 0.15) is 0 Å². The lowest BCUT2D eigenvalue weighted by Gasteiger charge is -2.12. The molecule has 0 spiro atoms. The fourth-order valence-electron chi connectivity index (χ4n) is 0.565. The summed E-state index contributed by atoms with van der Waals surface area (Å²) in [5, 5.41) is 0. The van der Waals surface area contributed by atoms with Crippen molar-refractivity contribution in [1.29, 1.82) is 0 Å². The first kappa shape index (κ1) is 13.9. The van der Waals surface area contributed by atoms with Gasteiger partial charge in [0.2, 0.25) is 0 Å². The summed E-state index contributed by atoms with van der Waals surface area (Å²) in [6, 6.07) is 0. The van der Waals surface area contributed by atoms with Crippen LogP contribution >= 0.6 is 12.8 Å². The van der Waals surface area contributed by atoms with E-state index in [1.54, 1.807) is 0 Å². The van der Waals surface area contributed by atoms with Crippen molar-refractivity contribution >= 4 is 12.8 Å². The summed E-state index contributed by atoms with van der Waals surface area (Å²) in [6.07, 6.45) is 1.25. The van der Waals surface area contributed by atoms with Gasteiger partial charge in [-0.3, -0.25) is 4.31 Å². The van der Waals surface area contributed by atoms with Gasteiger partial charge in [-0.2, -0.15) is 0 Å². The van der Waals surface area contributed by atoms with Crippen LogP contribution in [0, 0.1) is 5.92 Å². The van der Waals surface area contributed by atoms with E-state index in [-0.39, 0.29) is 0 Å². The zero-order chi connectivity index (χ0) is 9.28. The standard InChI is InChI=1S/C7H17NS.C2H6/c1-4-8(9)6-5-7(2)3;1-2/h7,9H,4-6H2,1-3H3;1-2H3. The highest BCUT2D eigenvalue weighted by Crippen LogP contribution is 2.02. The zero-order valence-electron chi connectivity index (χ0n) is 8.59. The molecular formula is C9H23NS. The average molecular weight is 177 g/mol. The van der Waals surface area contributed by atoms with E-state index in [4.69, 9.17) is 0 Å². The van der Waals surface area contributed by atoms with Gasteiger partial charge in [0, 0.05) is 13.1 Å². The summed E-state index contributed by atoms with van der Waals surface area (Å²) in [4.78, 5) is 0. The first-order valence-corrected chi connectivity index (χ1v) is 5.00. The summed E-state index contributed by atoms with van der Waals surface area (Å²) in [6.45, 7) is 12.7. The van der Waals surface area contributed by atoms with Crippen molar-refractivity contribution in [1.82, 2.24) is 4.31 Å². The SMILES string of the molecule is CC.CCN(S)CCC(C)C. The molecular weight excluding hydrogens is 154 g/mol. The molecule has 0 aliphatic heterocycles. The molecule has 0 bridgehead atoms. The Balaban J connectivity index is 0. The van der Waals surface area contributed by atoms with Crippen LogP contribution in [0.4, 0.5) is 0 Å². The summed E-state index contributed by atoms with van der Waals surface area (Å²) >= 11 is 4.24. The van der Waals surface area contributed by atoms with Gasteiger partial charge in [0.05, 0.1) is 0 Å². The molecule has 0 fully saturated rings. The van der Waals surface area contributed by atoms with E-state index in [0.717, 1.165) is 19.0 Å². The van der Waals surface area contributed by atoms with Crippen molar-refractivity contribution in [3.05, 3.63) is 0 Å². The number of rotatable bonds is 4. The van der Waals surface area contributed by atoms with Gasteiger partial charge in [0.25, 0.3) is 0 Å². The molecule has 0 aliphatic carbocycles. The molecule has 0 rings (SSSR count). The highest BCUT2D eigenvalue weighted by molar-refractivity contribution is 7.77. The van der Waals surface area contributed by atoms with Crippen molar-refractivity contribution in [2.24, 2.45) is 5.92 Å². The molecule has 0 radical (unpaired) electrons. The van der Waals surface area contributed by atoms with Crippen molar-refractivity contribution in [3.63, 3.8) is 0 Å². The Bertz CT molecular complexity index is 64.6. The quantitative estimate of drug-likeness (QED) is 0.645. The Morgan fingerprint density at radius 2 is 1.73 bits per heavy atom. The Morgan fingerprint density at radius 1 is 1.27 bits per heavy atom. The highest BCUT2D eigenvalue weighted by Gasteiger charge is 1.96. The van der Waals surface area contributed by atoms with E-state index in [9.17, 15) is 0 Å². The van der Waals surface area contributed by atoms with Gasteiger partial charge in [-0.25, -0.2) is 0 Å². The smallest absolute Gasteiger partial charge is 0.00893 e. The largest absolute Gasteiger partial charge is 0.254 e. The second kappa shape index (κ2) is 10.3. The van der Waals surface area contributed by atoms with Gasteiger partial charge < -0.3 is 0 Å². The number of hydrogen-bond donors (Lipinski definition) is 1. The summed E-state index contributed by atoms with van der Waals surface area (Å²) < 4.78 is 2.04. The third-order valence-electron chi connectivity index (χ3n) is 1.33. The van der Waals surface area contributed by atoms with Gasteiger partial charge in [0.15, 0.2) is 0 Å². The molecule has 0 heterocycles. The maximum absolute atomic E-state index is 4.24. The Labute approximate surface area is 77.7 Å². The van der Waals surface area contributed by atoms with Crippen LogP contribution in [0.5, 0.6) is 0 Å². The van der Waals surface area contributed by atoms with Gasteiger partial charge in [-0.15, -0.1) is 0 Å². The molecule has 1 nitrogen and oxygen atoms in total. The Morgan fingerprint density at radius 3 is 2.00 bits per heavy atom. The third-order valence-corrected chi connectivity index (χ3v) is 1.81. The van der Waals surface area contributed by atoms with Crippen LogP contribution < -0.4 is 0 Å². The fraction of sp³-hybridized carbons (Fsp3) is 1.00. The summed E-state index contributed by atoms with van der Waals surface area (Å²) in [5.41, 5.74) is 0. The third kappa shape index (κ3) is 13.3. The molecule has 0 aromatic rings. The second-order valence-corrected chi connectivity index (χ2v) is 3.29. The lowest BCUT2D eigenvalue weighted by Crippen LogP contribution is -2.14. The fourth-order valence-corrected chi connectivity index (χ4v) is 0.681. The van der Waals surface area contributed by atoms with Gasteiger partial charge >= 0.3 is 0 Å². The first-order chi connectivity index (χ1) is 5.16. The lowest BCUT2D eigenvalue weighted by molar-refractivity contribution is 0.439. The van der Waals surface area contributed by atoms with Gasteiger partial charge in [-0.1, -0.05) is 47.4 Å². The Kier molecular flexibility index (Phi) is 13.0. The van der Waals surface area contributed by atoms with E-state index in [1.807, 2.05) is 18.2 Å². The van der Waals surface area contributed by atoms with Crippen LogP contribution in [-0.4, -0.2) is 17.4 Å². The molecule has 0 atom stereocenters. The first-order valence-electron chi connectivity index (χ1n) is 4.60. The second-order valence-electron chi connectivity index (χ2n) is 2.73. The van der Waals surface area contributed by atoms with Crippen LogP contribution in [0.1, 0.15) is 41.0 Å². The maximum Gasteiger partial charge on any atom is 0.00893 e. The molecule has 0 N–H and O–H groups in total. The number of thiol groups is 1. The van der Waals surface area contributed by atoms with Crippen molar-refractivity contribution < 1.29 is 0 Å². The molecule has 0 unspecified atom stereocenters. The predicted octanol–water partition coefficient (Wildman–Crippen LogP) is 3.23. The topological polar surface area (TPSA) is 3.24 Å². The van der Waals surface area contributed by atoms with Gasteiger partial charge in [-0.05, 0) is 12.3 Å². The van der Waals surface area contributed by atoms with Crippen molar-refractivity contribution in [3.8, 4) is 0 Å². The minimum atomic E-state index is 0.797. The van der Waals surface area contributed by atoms with E-state index >= 15 is 0 Å². The molecule has 0 amide bonds. The summed E-state index contributed by atoms with van der Waals surface area (Å²) in [7, 11) is 0. The molecule has 0 aromatic heterocycles. The zero-order valence-corrected chi connectivity index (χ0v) is 9.49. The number of nitrogens with zero attached hydrogens (tertiary/aromatic N) is 1. The minimum absolute atomic E-state index is 0.797. The Hall–Kier alpha value is 0.310. The molecule has 0 saturated heterocycles. The van der Waals surface area contributed by atoms with E-state index in [1.165, 1.54) is 6.42 Å². The minimum Gasteiger partial charge on any atom is -0.254 e. The molecule has 0 aromatic carbocycles. The predicted molar refractivity (Wildman–Crippen MR) is 57.0 cm³/mol. The average Bonchev–Trinajstić information content (AvgIpc) is 2.04. The van der Waals surface area contributed by atoms with Crippen LogP contribution in [0.25, 0.3) is 0 Å². The molecule has 2 heteroatoms. The van der Waals surface area contributed by atoms with E-state index in [0.29, 0.717) is 0 Å². The molecule has 0 aliphatic rings. The monoisotopic (exact) mass is 177 g/mol.